The number of amides is 1. The Morgan fingerprint density at radius 1 is 1.29 bits per heavy atom. The van der Waals surface area contributed by atoms with Gasteiger partial charge in [0, 0.05) is 11.8 Å². The third-order valence-corrected chi connectivity index (χ3v) is 5.52. The van der Waals surface area contributed by atoms with E-state index in [2.05, 4.69) is 25.0 Å². The van der Waals surface area contributed by atoms with E-state index >= 15 is 0 Å². The van der Waals surface area contributed by atoms with E-state index in [0.29, 0.717) is 17.9 Å². The van der Waals surface area contributed by atoms with Crippen molar-refractivity contribution in [3.63, 3.8) is 0 Å². The smallest absolute Gasteiger partial charge is 0.756 e. The Balaban J connectivity index is 0.00000231. The number of hydrogen-bond acceptors (Lipinski definition) is 9. The Morgan fingerprint density at radius 2 is 2.10 bits per heavy atom. The normalized spacial score (nSPS) is 21.1. The first-order chi connectivity index (χ1) is 14.4. The van der Waals surface area contributed by atoms with Gasteiger partial charge in [-0.15, -0.1) is 5.10 Å². The number of cyclic esters (lactones) is 1. The number of ether oxygens (including phenoxy) is 1. The van der Waals surface area contributed by atoms with E-state index in [1.54, 1.807) is 12.3 Å². The Bertz CT molecular complexity index is 1150. The zero-order valence-corrected chi connectivity index (χ0v) is 19.1. The number of carbonyl (C=O) groups excluding carboxylic acids is 1. The summed E-state index contributed by atoms with van der Waals surface area (Å²) < 4.78 is 22.0. The van der Waals surface area contributed by atoms with Crippen LogP contribution in [0.15, 0.2) is 42.9 Å². The van der Waals surface area contributed by atoms with Gasteiger partial charge in [-0.05, 0) is 52.2 Å². The van der Waals surface area contributed by atoms with E-state index in [4.69, 9.17) is 9.63 Å². The summed E-state index contributed by atoms with van der Waals surface area (Å²) in [4.78, 5) is 37.8. The predicted octanol–water partition coefficient (Wildman–Crippen LogP) is -2.54. The number of phosphoric acid groups is 1. The fraction of sp³-hybridized carbons (Fsp3) is 0.235. The molecule has 31 heavy (non-hydrogen) atoms. The molecule has 1 saturated heterocycles. The minimum Gasteiger partial charge on any atom is -0.756 e. The Labute approximate surface area is 197 Å². The molecule has 0 spiro atoms. The zero-order chi connectivity index (χ0) is 20.9. The number of anilines is 1. The molecule has 0 aliphatic carbocycles. The summed E-state index contributed by atoms with van der Waals surface area (Å²) in [5.41, 5.74) is 3.39. The summed E-state index contributed by atoms with van der Waals surface area (Å²) in [6.45, 7) is -0.437. The van der Waals surface area contributed by atoms with Gasteiger partial charge >= 0.3 is 35.7 Å². The zero-order valence-electron chi connectivity index (χ0n) is 16.2. The Kier molecular flexibility index (Phi) is 5.97. The number of aromatic nitrogens is 5. The minimum atomic E-state index is -4.90. The monoisotopic (exact) mass is 452 g/mol. The van der Waals surface area contributed by atoms with Crippen molar-refractivity contribution in [2.75, 3.05) is 11.5 Å². The number of benzene rings is 1. The molecule has 1 unspecified atom stereocenters. The third-order valence-electron chi connectivity index (χ3n) is 5.04. The van der Waals surface area contributed by atoms with Crippen LogP contribution >= 0.6 is 7.82 Å². The first kappa shape index (κ1) is 22.0. The van der Waals surface area contributed by atoms with Crippen molar-refractivity contribution >= 4 is 19.6 Å². The molecule has 0 saturated carbocycles. The molecule has 1 fully saturated rings. The summed E-state index contributed by atoms with van der Waals surface area (Å²) >= 11 is 0. The Morgan fingerprint density at radius 3 is 2.77 bits per heavy atom. The quantitative estimate of drug-likeness (QED) is 0.323. The molecule has 0 radical (unpaired) electrons. The maximum atomic E-state index is 12.3. The van der Waals surface area contributed by atoms with Crippen molar-refractivity contribution < 1.29 is 58.0 Å². The van der Waals surface area contributed by atoms with Gasteiger partial charge in [0.1, 0.15) is 12.4 Å². The molecular formula is C17H14N6NaO6P. The van der Waals surface area contributed by atoms with Crippen molar-refractivity contribution in [1.29, 1.82) is 0 Å². The van der Waals surface area contributed by atoms with Gasteiger partial charge in [0.25, 0.3) is 7.82 Å². The van der Waals surface area contributed by atoms with Gasteiger partial charge in [0.2, 0.25) is 0 Å². The predicted molar refractivity (Wildman–Crippen MR) is 98.4 cm³/mol. The molecule has 1 amide bonds. The summed E-state index contributed by atoms with van der Waals surface area (Å²) in [6.07, 6.45) is 2.23. The summed E-state index contributed by atoms with van der Waals surface area (Å²) in [6, 6.07) is 8.91. The van der Waals surface area contributed by atoms with Crippen LogP contribution in [0.2, 0.25) is 0 Å². The van der Waals surface area contributed by atoms with Gasteiger partial charge in [-0.3, -0.25) is 9.46 Å². The first-order valence-corrected chi connectivity index (χ1v) is 10.4. The second kappa shape index (κ2) is 8.40. The van der Waals surface area contributed by atoms with Gasteiger partial charge < -0.3 is 19.0 Å². The molecule has 2 aromatic heterocycles. The van der Waals surface area contributed by atoms with Crippen LogP contribution in [0.1, 0.15) is 5.56 Å². The molecule has 1 aromatic carbocycles. The van der Waals surface area contributed by atoms with E-state index in [1.165, 1.54) is 15.9 Å². The van der Waals surface area contributed by atoms with Gasteiger partial charge in [0.05, 0.1) is 18.3 Å². The van der Waals surface area contributed by atoms with Gasteiger partial charge in [-0.1, -0.05) is 6.07 Å². The topological polar surface area (TPSA) is 156 Å². The van der Waals surface area contributed by atoms with Gasteiger partial charge in [0.15, 0.2) is 5.82 Å². The molecule has 4 heterocycles. The molecule has 5 rings (SSSR count). The van der Waals surface area contributed by atoms with Crippen LogP contribution < -0.4 is 39.4 Å². The fourth-order valence-electron chi connectivity index (χ4n) is 3.73. The van der Waals surface area contributed by atoms with Crippen LogP contribution in [-0.2, 0) is 20.2 Å². The summed E-state index contributed by atoms with van der Waals surface area (Å²) in [5, 5.41) is 11.0. The van der Waals surface area contributed by atoms with Crippen molar-refractivity contribution in [1.82, 2.24) is 25.2 Å². The summed E-state index contributed by atoms with van der Waals surface area (Å²) in [5.74, 6) is 0.579. The second-order valence-electron chi connectivity index (χ2n) is 6.83. The van der Waals surface area contributed by atoms with Crippen LogP contribution in [0.5, 0.6) is 0 Å². The molecule has 3 aromatic rings. The number of pyridine rings is 1. The molecule has 0 bridgehead atoms. The molecule has 2 aliphatic heterocycles. The fourth-order valence-corrected chi connectivity index (χ4v) is 4.06. The average molecular weight is 452 g/mol. The average Bonchev–Trinajstić information content (AvgIpc) is 3.43. The van der Waals surface area contributed by atoms with Gasteiger partial charge in [-0.2, -0.15) is 4.68 Å². The van der Waals surface area contributed by atoms with E-state index in [1.807, 2.05) is 24.3 Å². The molecule has 12 nitrogen and oxygen atoms in total. The maximum absolute atomic E-state index is 12.3. The molecule has 3 atom stereocenters. The van der Waals surface area contributed by atoms with Crippen LogP contribution in [0.4, 0.5) is 10.5 Å². The van der Waals surface area contributed by atoms with Gasteiger partial charge in [-0.25, -0.2) is 9.78 Å². The number of nitrogens with zero attached hydrogens (tertiary/aromatic N) is 6. The number of tetrazole rings is 1. The Hall–Kier alpha value is -2.18. The number of fused-ring (bicyclic) bond motifs is 3. The van der Waals surface area contributed by atoms with Crippen molar-refractivity contribution in [2.45, 2.75) is 18.6 Å². The summed E-state index contributed by atoms with van der Waals surface area (Å²) in [7, 11) is -4.90. The van der Waals surface area contributed by atoms with E-state index in [-0.39, 0.29) is 29.6 Å². The molecule has 154 valence electrons. The van der Waals surface area contributed by atoms with Crippen molar-refractivity contribution in [3.8, 4) is 16.9 Å². The van der Waals surface area contributed by atoms with E-state index < -0.39 is 32.7 Å². The van der Waals surface area contributed by atoms with E-state index in [0.717, 1.165) is 16.7 Å². The second-order valence-corrected chi connectivity index (χ2v) is 8.03. The van der Waals surface area contributed by atoms with Crippen molar-refractivity contribution in [2.24, 2.45) is 0 Å². The van der Waals surface area contributed by atoms with Crippen LogP contribution in [0.25, 0.3) is 16.9 Å². The maximum Gasteiger partial charge on any atom is 1.00 e. The largest absolute Gasteiger partial charge is 1.00 e. The number of hydrogen-bond donors (Lipinski definition) is 1. The minimum absolute atomic E-state index is 0. The number of phosphoric ester groups is 1. The molecular weight excluding hydrogens is 438 g/mol. The SMILES string of the molecule is O=C1O[C@@H](COP(=O)([O-])O)[C@@H]2Cc3cc(-c4ccc(-n5cnnn5)nc4)ccc3N12.[Na+]. The van der Waals surface area contributed by atoms with Crippen molar-refractivity contribution in [3.05, 3.63) is 48.4 Å². The first-order valence-electron chi connectivity index (χ1n) is 8.90. The van der Waals surface area contributed by atoms with Crippen LogP contribution in [0, 0.1) is 0 Å². The standard InChI is InChI=1S/C17H15N6O6P.Na/c24-17-23-13-3-1-10(11-2-4-16(18-7-11)22-9-19-20-21-22)5-12(13)6-14(23)15(29-17)8-28-30(25,26)27;/h1-5,7,9,14-15H,6,8H2,(H2,25,26,27);/q;+1/p-1/t14-,15-;/m0./s1. The molecule has 2 aliphatic rings. The number of carbonyl (C=O) groups is 1. The van der Waals surface area contributed by atoms with Crippen LogP contribution in [-0.4, -0.2) is 54.9 Å². The van der Waals surface area contributed by atoms with E-state index in [9.17, 15) is 14.3 Å². The van der Waals surface area contributed by atoms with Crippen LogP contribution in [0.3, 0.4) is 0 Å². The number of rotatable bonds is 5. The molecule has 14 heteroatoms. The molecule has 1 N–H and O–H groups in total. The third kappa shape index (κ3) is 4.28.